The maximum atomic E-state index is 11.8. The Labute approximate surface area is 103 Å². The minimum Gasteiger partial charge on any atom is -0.465 e. The molecule has 0 saturated heterocycles. The number of ether oxygens (including phenoxy) is 1. The lowest BCUT2D eigenvalue weighted by Crippen LogP contribution is -2.43. The summed E-state index contributed by atoms with van der Waals surface area (Å²) >= 11 is 0. The monoisotopic (exact) mass is 244 g/mol. The molecule has 0 aromatic carbocycles. The predicted octanol–water partition coefficient (Wildman–Crippen LogP) is 0.644. The number of carbonyl (C=O) groups excluding carboxylic acids is 2. The highest BCUT2D eigenvalue weighted by Crippen LogP contribution is 2.00. The normalized spacial score (nSPS) is 10.4. The van der Waals surface area contributed by atoms with E-state index in [1.165, 1.54) is 0 Å². The molecule has 0 atom stereocenters. The summed E-state index contributed by atoms with van der Waals surface area (Å²) in [5.74, 6) is -0.0818. The fourth-order valence-electron chi connectivity index (χ4n) is 1.40. The Hall–Kier alpha value is -1.10. The summed E-state index contributed by atoms with van der Waals surface area (Å²) in [5.41, 5.74) is 0. The number of nitrogens with one attached hydrogen (secondary N) is 1. The smallest absolute Gasteiger partial charge is 0.325 e. The van der Waals surface area contributed by atoms with Crippen LogP contribution in [0.15, 0.2) is 0 Å². The maximum Gasteiger partial charge on any atom is 0.325 e. The first-order valence-corrected chi connectivity index (χ1v) is 6.15. The molecule has 0 fully saturated rings. The number of amides is 1. The third-order valence-electron chi connectivity index (χ3n) is 2.09. The summed E-state index contributed by atoms with van der Waals surface area (Å²) in [6.07, 6.45) is 0. The Morgan fingerprint density at radius 2 is 1.94 bits per heavy atom. The Bertz CT molecular complexity index is 242. The molecule has 0 radical (unpaired) electrons. The number of rotatable bonds is 8. The third kappa shape index (κ3) is 7.74. The lowest BCUT2D eigenvalue weighted by molar-refractivity contribution is -0.149. The van der Waals surface area contributed by atoms with Crippen molar-refractivity contribution in [3.63, 3.8) is 0 Å². The molecule has 1 N–H and O–H groups in total. The summed E-state index contributed by atoms with van der Waals surface area (Å²) in [7, 11) is 0. The Balaban J connectivity index is 4.31. The first-order chi connectivity index (χ1) is 8.01. The number of esters is 1. The summed E-state index contributed by atoms with van der Waals surface area (Å²) in [5, 5.41) is 2.96. The first kappa shape index (κ1) is 15.9. The van der Waals surface area contributed by atoms with Crippen molar-refractivity contribution < 1.29 is 14.3 Å². The minimum absolute atomic E-state index is 0.0379. The molecular formula is C12H24N2O3. The fourth-order valence-corrected chi connectivity index (χ4v) is 1.40. The maximum absolute atomic E-state index is 11.8. The van der Waals surface area contributed by atoms with Crippen LogP contribution in [0.25, 0.3) is 0 Å². The van der Waals surface area contributed by atoms with Crippen LogP contribution in [-0.2, 0) is 14.3 Å². The average molecular weight is 244 g/mol. The highest BCUT2D eigenvalue weighted by molar-refractivity contribution is 5.83. The molecule has 1 amide bonds. The van der Waals surface area contributed by atoms with E-state index >= 15 is 0 Å². The highest BCUT2D eigenvalue weighted by atomic mass is 16.5. The van der Waals surface area contributed by atoms with Crippen LogP contribution in [0.5, 0.6) is 0 Å². The molecule has 0 spiro atoms. The van der Waals surface area contributed by atoms with Crippen molar-refractivity contribution in [1.29, 1.82) is 0 Å². The number of hydrogen-bond acceptors (Lipinski definition) is 4. The van der Waals surface area contributed by atoms with Crippen LogP contribution in [-0.4, -0.2) is 49.6 Å². The lowest BCUT2D eigenvalue weighted by Gasteiger charge is -2.23. The predicted molar refractivity (Wildman–Crippen MR) is 66.6 cm³/mol. The molecule has 0 bridgehead atoms. The van der Waals surface area contributed by atoms with Gasteiger partial charge in [-0.15, -0.1) is 0 Å². The fraction of sp³-hybridized carbons (Fsp3) is 0.833. The van der Waals surface area contributed by atoms with Gasteiger partial charge >= 0.3 is 5.97 Å². The summed E-state index contributed by atoms with van der Waals surface area (Å²) in [6.45, 7) is 9.67. The Morgan fingerprint density at radius 1 is 1.29 bits per heavy atom. The van der Waals surface area contributed by atoms with Gasteiger partial charge in [0.25, 0.3) is 0 Å². The van der Waals surface area contributed by atoms with E-state index in [2.05, 4.69) is 5.32 Å². The van der Waals surface area contributed by atoms with E-state index in [-0.39, 0.29) is 25.0 Å². The van der Waals surface area contributed by atoms with Crippen molar-refractivity contribution in [3.8, 4) is 0 Å². The van der Waals surface area contributed by atoms with Crippen molar-refractivity contribution in [2.75, 3.05) is 32.8 Å². The number of hydrogen-bond donors (Lipinski definition) is 1. The molecule has 0 saturated carbocycles. The summed E-state index contributed by atoms with van der Waals surface area (Å²) < 4.78 is 4.86. The molecule has 0 unspecified atom stereocenters. The number of nitrogens with zero attached hydrogens (tertiary/aromatic N) is 1. The molecular weight excluding hydrogens is 220 g/mol. The second kappa shape index (κ2) is 8.98. The van der Waals surface area contributed by atoms with Gasteiger partial charge in [0.05, 0.1) is 13.2 Å². The van der Waals surface area contributed by atoms with Gasteiger partial charge in [-0.1, -0.05) is 20.8 Å². The van der Waals surface area contributed by atoms with Crippen molar-refractivity contribution >= 4 is 11.9 Å². The van der Waals surface area contributed by atoms with Crippen molar-refractivity contribution in [1.82, 2.24) is 10.2 Å². The second-order valence-electron chi connectivity index (χ2n) is 4.25. The zero-order valence-corrected chi connectivity index (χ0v) is 11.3. The van der Waals surface area contributed by atoms with E-state index in [1.807, 2.05) is 20.8 Å². The van der Waals surface area contributed by atoms with Crippen molar-refractivity contribution in [2.45, 2.75) is 27.7 Å². The van der Waals surface area contributed by atoms with E-state index in [1.54, 1.807) is 11.8 Å². The van der Waals surface area contributed by atoms with Gasteiger partial charge in [-0.25, -0.2) is 0 Å². The van der Waals surface area contributed by atoms with Crippen LogP contribution in [0.3, 0.4) is 0 Å². The standard InChI is InChI=1S/C12H24N2O3/c1-5-13-7-11(15)14(8-10(3)4)9-12(16)17-6-2/h10,13H,5-9H2,1-4H3. The first-order valence-electron chi connectivity index (χ1n) is 6.15. The van der Waals surface area contributed by atoms with Crippen LogP contribution < -0.4 is 5.32 Å². The van der Waals surface area contributed by atoms with Crippen LogP contribution in [0, 0.1) is 5.92 Å². The molecule has 0 rings (SSSR count). The molecule has 0 aliphatic heterocycles. The van der Waals surface area contributed by atoms with Gasteiger partial charge in [-0.3, -0.25) is 9.59 Å². The largest absolute Gasteiger partial charge is 0.465 e. The van der Waals surface area contributed by atoms with E-state index in [9.17, 15) is 9.59 Å². The van der Waals surface area contributed by atoms with Gasteiger partial charge in [-0.2, -0.15) is 0 Å². The van der Waals surface area contributed by atoms with Crippen LogP contribution in [0.2, 0.25) is 0 Å². The molecule has 0 heterocycles. The van der Waals surface area contributed by atoms with E-state index in [0.29, 0.717) is 19.1 Å². The van der Waals surface area contributed by atoms with Crippen LogP contribution >= 0.6 is 0 Å². The van der Waals surface area contributed by atoms with Gasteiger partial charge < -0.3 is 15.0 Å². The van der Waals surface area contributed by atoms with Crippen LogP contribution in [0.4, 0.5) is 0 Å². The number of carbonyl (C=O) groups is 2. The summed E-state index contributed by atoms with van der Waals surface area (Å²) in [4.78, 5) is 24.8. The van der Waals surface area contributed by atoms with E-state index in [0.717, 1.165) is 6.54 Å². The molecule has 0 aliphatic carbocycles. The number of likely N-dealkylation sites (N-methyl/N-ethyl adjacent to an activating group) is 1. The van der Waals surface area contributed by atoms with Gasteiger partial charge in [0.2, 0.25) is 5.91 Å². The van der Waals surface area contributed by atoms with E-state index < -0.39 is 0 Å². The molecule has 5 nitrogen and oxygen atoms in total. The Morgan fingerprint density at radius 3 is 2.41 bits per heavy atom. The molecule has 0 aromatic heterocycles. The quantitative estimate of drug-likeness (QED) is 0.637. The van der Waals surface area contributed by atoms with Gasteiger partial charge in [-0.05, 0) is 19.4 Å². The molecule has 100 valence electrons. The third-order valence-corrected chi connectivity index (χ3v) is 2.09. The lowest BCUT2D eigenvalue weighted by atomic mass is 10.2. The highest BCUT2D eigenvalue weighted by Gasteiger charge is 2.18. The van der Waals surface area contributed by atoms with Crippen LogP contribution in [0.1, 0.15) is 27.7 Å². The van der Waals surface area contributed by atoms with Gasteiger partial charge in [0.15, 0.2) is 0 Å². The molecule has 17 heavy (non-hydrogen) atoms. The zero-order chi connectivity index (χ0) is 13.3. The van der Waals surface area contributed by atoms with E-state index in [4.69, 9.17) is 4.74 Å². The van der Waals surface area contributed by atoms with Crippen molar-refractivity contribution in [2.24, 2.45) is 5.92 Å². The minimum atomic E-state index is -0.349. The van der Waals surface area contributed by atoms with Gasteiger partial charge in [0, 0.05) is 6.54 Å². The SMILES string of the molecule is CCNCC(=O)N(CC(=O)OCC)CC(C)C. The van der Waals surface area contributed by atoms with Gasteiger partial charge in [0.1, 0.15) is 6.54 Å². The Kier molecular flexibility index (Phi) is 8.40. The molecule has 0 aliphatic rings. The molecule has 0 aromatic rings. The average Bonchev–Trinajstić information content (AvgIpc) is 2.24. The zero-order valence-electron chi connectivity index (χ0n) is 11.3. The summed E-state index contributed by atoms with van der Waals surface area (Å²) in [6, 6.07) is 0. The van der Waals surface area contributed by atoms with Crippen molar-refractivity contribution in [3.05, 3.63) is 0 Å². The topological polar surface area (TPSA) is 58.6 Å². The second-order valence-corrected chi connectivity index (χ2v) is 4.25. The molecule has 5 heteroatoms.